The lowest BCUT2D eigenvalue weighted by Crippen LogP contribution is -2.34. The van der Waals surface area contributed by atoms with Gasteiger partial charge < -0.3 is 4.57 Å². The number of aromatic nitrogens is 2. The lowest BCUT2D eigenvalue weighted by Gasteiger charge is -2.32. The molecule has 2 aromatic heterocycles. The normalized spacial score (nSPS) is 21.7. The van der Waals surface area contributed by atoms with E-state index in [1.165, 1.54) is 35.3 Å². The fourth-order valence-electron chi connectivity index (χ4n) is 5.06. The first kappa shape index (κ1) is 18.9. The number of aryl methyl sites for hydroxylation is 2. The van der Waals surface area contributed by atoms with Crippen molar-refractivity contribution in [3.8, 4) is 0 Å². The predicted octanol–water partition coefficient (Wildman–Crippen LogP) is 5.64. The highest BCUT2D eigenvalue weighted by Gasteiger charge is 2.40. The number of pyridine rings is 1. The molecule has 1 fully saturated rings. The smallest absolute Gasteiger partial charge is 0.344 e. The van der Waals surface area contributed by atoms with Crippen LogP contribution in [0.5, 0.6) is 0 Å². The van der Waals surface area contributed by atoms with Gasteiger partial charge >= 0.3 is 6.18 Å². The van der Waals surface area contributed by atoms with Gasteiger partial charge in [0.05, 0.1) is 0 Å². The summed E-state index contributed by atoms with van der Waals surface area (Å²) in [4.78, 5) is 6.08. The number of likely N-dealkylation sites (N-methyl/N-ethyl adjacent to an activating group) is 1. The molecule has 0 spiro atoms. The van der Waals surface area contributed by atoms with Crippen molar-refractivity contribution >= 4 is 22.5 Å². The number of fused-ring (bicyclic) bond motifs is 6. The third kappa shape index (κ3) is 3.13. The fraction of sp³-hybridized carbons (Fsp3) is 0.409. The van der Waals surface area contributed by atoms with Crippen molar-refractivity contribution in [1.82, 2.24) is 14.5 Å². The molecule has 1 saturated heterocycles. The molecule has 3 nitrogen and oxygen atoms in total. The lowest BCUT2D eigenvalue weighted by molar-refractivity contribution is -0.141. The molecule has 3 aromatic rings. The highest BCUT2D eigenvalue weighted by molar-refractivity contribution is 6.31. The summed E-state index contributed by atoms with van der Waals surface area (Å²) in [6.07, 6.45) is 0.923. The number of rotatable bonds is 3. The molecule has 2 aliphatic rings. The van der Waals surface area contributed by atoms with Gasteiger partial charge in [0.25, 0.3) is 0 Å². The Morgan fingerprint density at radius 1 is 1.17 bits per heavy atom. The van der Waals surface area contributed by atoms with E-state index in [-0.39, 0.29) is 0 Å². The zero-order valence-electron chi connectivity index (χ0n) is 16.0. The van der Waals surface area contributed by atoms with Gasteiger partial charge in [-0.1, -0.05) is 17.7 Å². The minimum atomic E-state index is -4.40. The second-order valence-electron chi connectivity index (χ2n) is 8.09. The molecule has 0 aliphatic carbocycles. The van der Waals surface area contributed by atoms with E-state index in [1.807, 2.05) is 6.07 Å². The average Bonchev–Trinajstić information content (AvgIpc) is 3.09. The first-order chi connectivity index (χ1) is 13.8. The van der Waals surface area contributed by atoms with Gasteiger partial charge in [-0.25, -0.2) is 0 Å². The highest BCUT2D eigenvalue weighted by Crippen LogP contribution is 2.47. The summed E-state index contributed by atoms with van der Waals surface area (Å²) in [5, 5.41) is 1.93. The molecule has 7 heteroatoms. The van der Waals surface area contributed by atoms with Gasteiger partial charge in [-0.3, -0.25) is 9.88 Å². The van der Waals surface area contributed by atoms with E-state index in [4.69, 9.17) is 11.6 Å². The Bertz CT molecular complexity index is 1070. The largest absolute Gasteiger partial charge is 0.433 e. The van der Waals surface area contributed by atoms with Crippen molar-refractivity contribution in [2.75, 3.05) is 7.05 Å². The molecule has 0 N–H and O–H groups in total. The lowest BCUT2D eigenvalue weighted by atomic mass is 9.97. The Kier molecular flexibility index (Phi) is 4.40. The number of nitrogens with zero attached hydrogens (tertiary/aromatic N) is 3. The number of alkyl halides is 3. The van der Waals surface area contributed by atoms with Crippen LogP contribution in [0.4, 0.5) is 13.2 Å². The standard InChI is InChI=1S/C22H21ClF3N3/c1-28-15-4-6-18(28)21-16-10-14(23)3-5-17(16)29(19(21)11-15)9-8-13-2-7-20(27-12-13)22(24,25)26/h2-3,5,7,10,12,15,18H,4,6,8-9,11H2,1H3. The molecule has 29 heavy (non-hydrogen) atoms. The maximum absolute atomic E-state index is 12.8. The molecule has 2 unspecified atom stereocenters. The van der Waals surface area contributed by atoms with Gasteiger partial charge in [-0.05, 0) is 61.7 Å². The van der Waals surface area contributed by atoms with Crippen molar-refractivity contribution in [2.45, 2.75) is 50.5 Å². The van der Waals surface area contributed by atoms with E-state index in [0.717, 1.165) is 35.0 Å². The van der Waals surface area contributed by atoms with E-state index in [9.17, 15) is 13.2 Å². The minimum absolute atomic E-state index is 0.415. The molecule has 0 saturated carbocycles. The Labute approximate surface area is 172 Å². The molecule has 2 aliphatic heterocycles. The van der Waals surface area contributed by atoms with E-state index < -0.39 is 11.9 Å². The molecule has 0 amide bonds. The summed E-state index contributed by atoms with van der Waals surface area (Å²) in [6.45, 7) is 0.712. The number of hydrogen-bond acceptors (Lipinski definition) is 2. The molecule has 4 heterocycles. The maximum Gasteiger partial charge on any atom is 0.433 e. The van der Waals surface area contributed by atoms with Crippen molar-refractivity contribution < 1.29 is 13.2 Å². The number of benzene rings is 1. The van der Waals surface area contributed by atoms with E-state index >= 15 is 0 Å². The van der Waals surface area contributed by atoms with Gasteiger partial charge in [0.15, 0.2) is 0 Å². The SMILES string of the molecule is CN1C2CCC1c1c(n(CCc3ccc(C(F)(F)F)nc3)c3ccc(Cl)cc13)C2. The van der Waals surface area contributed by atoms with Gasteiger partial charge in [-0.15, -0.1) is 0 Å². The Morgan fingerprint density at radius 3 is 2.72 bits per heavy atom. The van der Waals surface area contributed by atoms with Gasteiger partial charge in [0.1, 0.15) is 5.69 Å². The van der Waals surface area contributed by atoms with Crippen LogP contribution in [0.15, 0.2) is 36.5 Å². The van der Waals surface area contributed by atoms with Crippen LogP contribution in [0.1, 0.15) is 41.4 Å². The second-order valence-corrected chi connectivity index (χ2v) is 8.53. The van der Waals surface area contributed by atoms with Crippen LogP contribution in [0, 0.1) is 0 Å². The van der Waals surface area contributed by atoms with Crippen molar-refractivity contribution in [2.24, 2.45) is 0 Å². The Morgan fingerprint density at radius 2 is 2.00 bits per heavy atom. The van der Waals surface area contributed by atoms with Crippen LogP contribution in [0.25, 0.3) is 10.9 Å². The van der Waals surface area contributed by atoms with Crippen molar-refractivity contribution in [3.63, 3.8) is 0 Å². The monoisotopic (exact) mass is 419 g/mol. The molecule has 2 atom stereocenters. The van der Waals surface area contributed by atoms with Crippen molar-refractivity contribution in [1.29, 1.82) is 0 Å². The molecular formula is C22H21ClF3N3. The second kappa shape index (κ2) is 6.74. The number of hydrogen-bond donors (Lipinski definition) is 0. The zero-order valence-corrected chi connectivity index (χ0v) is 16.8. The Hall–Kier alpha value is -2.05. The van der Waals surface area contributed by atoms with Crippen LogP contribution >= 0.6 is 11.6 Å². The topological polar surface area (TPSA) is 21.1 Å². The van der Waals surface area contributed by atoms with Gasteiger partial charge in [0.2, 0.25) is 0 Å². The summed E-state index contributed by atoms with van der Waals surface area (Å²) < 4.78 is 40.6. The molecular weight excluding hydrogens is 399 g/mol. The molecule has 2 bridgehead atoms. The number of halogens is 4. The molecule has 152 valence electrons. The van der Waals surface area contributed by atoms with E-state index in [0.29, 0.717) is 25.0 Å². The van der Waals surface area contributed by atoms with Crippen molar-refractivity contribution in [3.05, 3.63) is 64.1 Å². The fourth-order valence-corrected chi connectivity index (χ4v) is 5.24. The van der Waals surface area contributed by atoms with E-state index in [1.54, 1.807) is 0 Å². The quantitative estimate of drug-likeness (QED) is 0.547. The summed E-state index contributed by atoms with van der Waals surface area (Å²) in [5.74, 6) is 0. The van der Waals surface area contributed by atoms with Gasteiger partial charge in [-0.2, -0.15) is 13.2 Å². The van der Waals surface area contributed by atoms with Crippen LogP contribution in [-0.4, -0.2) is 27.5 Å². The third-order valence-electron chi connectivity index (χ3n) is 6.52. The summed E-state index contributed by atoms with van der Waals surface area (Å²) >= 11 is 6.31. The molecule has 5 rings (SSSR count). The van der Waals surface area contributed by atoms with Crippen LogP contribution in [-0.2, 0) is 25.6 Å². The summed E-state index contributed by atoms with van der Waals surface area (Å²) in [5.41, 5.74) is 3.84. The third-order valence-corrected chi connectivity index (χ3v) is 6.75. The minimum Gasteiger partial charge on any atom is -0.344 e. The van der Waals surface area contributed by atoms with E-state index in [2.05, 4.69) is 33.6 Å². The summed E-state index contributed by atoms with van der Waals surface area (Å²) in [6, 6.07) is 9.59. The van der Waals surface area contributed by atoms with Crippen LogP contribution in [0.2, 0.25) is 5.02 Å². The first-order valence-corrected chi connectivity index (χ1v) is 10.3. The molecule has 1 aromatic carbocycles. The molecule has 0 radical (unpaired) electrons. The van der Waals surface area contributed by atoms with Crippen LogP contribution < -0.4 is 0 Å². The van der Waals surface area contributed by atoms with Crippen LogP contribution in [0.3, 0.4) is 0 Å². The summed E-state index contributed by atoms with van der Waals surface area (Å²) in [7, 11) is 2.20. The highest BCUT2D eigenvalue weighted by atomic mass is 35.5. The maximum atomic E-state index is 12.8. The first-order valence-electron chi connectivity index (χ1n) is 9.87. The predicted molar refractivity (Wildman–Crippen MR) is 107 cm³/mol. The Balaban J connectivity index is 1.50. The average molecular weight is 420 g/mol. The van der Waals surface area contributed by atoms with Gasteiger partial charge in [0, 0.05) is 52.9 Å². The zero-order chi connectivity index (χ0) is 20.3.